The van der Waals surface area contributed by atoms with Crippen LogP contribution in [0.2, 0.25) is 5.02 Å². The molecule has 0 bridgehead atoms. The SMILES string of the molecule is NCc1c(Cl)cc([N+](=O)[O-])cc1I. The molecule has 4 nitrogen and oxygen atoms in total. The fourth-order valence-corrected chi connectivity index (χ4v) is 2.17. The average molecular weight is 312 g/mol. The van der Waals surface area contributed by atoms with Gasteiger partial charge in [0.25, 0.3) is 5.69 Å². The van der Waals surface area contributed by atoms with Gasteiger partial charge in [0.1, 0.15) is 0 Å². The van der Waals surface area contributed by atoms with Crippen LogP contribution in [0.4, 0.5) is 5.69 Å². The summed E-state index contributed by atoms with van der Waals surface area (Å²) in [5.41, 5.74) is 6.15. The van der Waals surface area contributed by atoms with Crippen LogP contribution in [0.5, 0.6) is 0 Å². The first-order valence-electron chi connectivity index (χ1n) is 3.38. The third kappa shape index (κ3) is 2.29. The number of hydrogen-bond acceptors (Lipinski definition) is 3. The van der Waals surface area contributed by atoms with Crippen molar-refractivity contribution in [3.8, 4) is 0 Å². The minimum Gasteiger partial charge on any atom is -0.326 e. The van der Waals surface area contributed by atoms with E-state index < -0.39 is 4.92 Å². The first-order chi connectivity index (χ1) is 6.06. The summed E-state index contributed by atoms with van der Waals surface area (Å²) in [6.07, 6.45) is 0. The van der Waals surface area contributed by atoms with Crippen molar-refractivity contribution in [1.82, 2.24) is 0 Å². The maximum Gasteiger partial charge on any atom is 0.271 e. The largest absolute Gasteiger partial charge is 0.326 e. The number of nitro benzene ring substituents is 1. The number of rotatable bonds is 2. The summed E-state index contributed by atoms with van der Waals surface area (Å²) in [5, 5.41) is 10.8. The molecule has 1 aromatic rings. The summed E-state index contributed by atoms with van der Waals surface area (Å²) in [6, 6.07) is 2.76. The van der Waals surface area contributed by atoms with Crippen molar-refractivity contribution in [2.24, 2.45) is 5.73 Å². The van der Waals surface area contributed by atoms with Crippen LogP contribution in [0, 0.1) is 13.7 Å². The van der Waals surface area contributed by atoms with Gasteiger partial charge in [0.2, 0.25) is 0 Å². The maximum absolute atomic E-state index is 10.4. The molecular formula is C7H6ClIN2O2. The standard InChI is InChI=1S/C7H6ClIN2O2/c8-6-1-4(11(12)13)2-7(9)5(6)3-10/h1-2H,3,10H2. The summed E-state index contributed by atoms with van der Waals surface area (Å²) in [5.74, 6) is 0. The number of nitrogens with two attached hydrogens (primary N) is 1. The van der Waals surface area contributed by atoms with E-state index in [-0.39, 0.29) is 12.2 Å². The first-order valence-corrected chi connectivity index (χ1v) is 4.84. The van der Waals surface area contributed by atoms with Gasteiger partial charge in [0.05, 0.1) is 9.95 Å². The minimum atomic E-state index is -0.478. The molecule has 0 unspecified atom stereocenters. The van der Waals surface area contributed by atoms with E-state index in [4.69, 9.17) is 17.3 Å². The van der Waals surface area contributed by atoms with Crippen molar-refractivity contribution in [3.63, 3.8) is 0 Å². The molecule has 70 valence electrons. The summed E-state index contributed by atoms with van der Waals surface area (Å²) >= 11 is 7.77. The van der Waals surface area contributed by atoms with Crippen LogP contribution in [-0.4, -0.2) is 4.92 Å². The smallest absolute Gasteiger partial charge is 0.271 e. The van der Waals surface area contributed by atoms with Crippen molar-refractivity contribution in [2.75, 3.05) is 0 Å². The molecule has 0 aromatic heterocycles. The number of non-ortho nitro benzene ring substituents is 1. The Morgan fingerprint density at radius 1 is 1.62 bits per heavy atom. The Morgan fingerprint density at radius 2 is 2.23 bits per heavy atom. The van der Waals surface area contributed by atoms with E-state index in [2.05, 4.69) is 0 Å². The summed E-state index contributed by atoms with van der Waals surface area (Å²) in [4.78, 5) is 9.94. The van der Waals surface area contributed by atoms with Crippen molar-refractivity contribution >= 4 is 39.9 Å². The molecule has 0 amide bonds. The molecule has 0 aliphatic rings. The van der Waals surface area contributed by atoms with Crippen LogP contribution >= 0.6 is 34.2 Å². The van der Waals surface area contributed by atoms with Gasteiger partial charge in [-0.2, -0.15) is 0 Å². The van der Waals surface area contributed by atoms with Gasteiger partial charge < -0.3 is 5.73 Å². The topological polar surface area (TPSA) is 69.2 Å². The van der Waals surface area contributed by atoms with Crippen molar-refractivity contribution in [1.29, 1.82) is 0 Å². The second-order valence-electron chi connectivity index (χ2n) is 2.35. The monoisotopic (exact) mass is 312 g/mol. The molecule has 13 heavy (non-hydrogen) atoms. The Kier molecular flexibility index (Phi) is 3.46. The van der Waals surface area contributed by atoms with Gasteiger partial charge in [-0.05, 0) is 28.2 Å². The number of hydrogen-bond donors (Lipinski definition) is 1. The minimum absolute atomic E-state index is 0.00778. The average Bonchev–Trinajstić information content (AvgIpc) is 2.03. The Morgan fingerprint density at radius 3 is 2.62 bits per heavy atom. The summed E-state index contributed by atoms with van der Waals surface area (Å²) < 4.78 is 0.722. The zero-order valence-corrected chi connectivity index (χ0v) is 9.37. The molecule has 6 heteroatoms. The van der Waals surface area contributed by atoms with Gasteiger partial charge in [-0.1, -0.05) is 11.6 Å². The second-order valence-corrected chi connectivity index (χ2v) is 3.92. The molecule has 2 N–H and O–H groups in total. The van der Waals surface area contributed by atoms with Crippen LogP contribution in [0.25, 0.3) is 0 Å². The number of halogens is 2. The second kappa shape index (κ2) is 4.21. The first kappa shape index (κ1) is 10.7. The molecular weight excluding hydrogens is 306 g/mol. The van der Waals surface area contributed by atoms with Crippen molar-refractivity contribution in [3.05, 3.63) is 36.4 Å². The highest BCUT2D eigenvalue weighted by Crippen LogP contribution is 2.27. The zero-order valence-electron chi connectivity index (χ0n) is 6.46. The van der Waals surface area contributed by atoms with E-state index >= 15 is 0 Å². The van der Waals surface area contributed by atoms with Crippen molar-refractivity contribution < 1.29 is 4.92 Å². The molecule has 0 heterocycles. The summed E-state index contributed by atoms with van der Waals surface area (Å²) in [6.45, 7) is 0.287. The maximum atomic E-state index is 10.4. The Hall–Kier alpha value is -0.400. The van der Waals surface area contributed by atoms with E-state index in [1.165, 1.54) is 12.1 Å². The Labute approximate surface area is 93.4 Å². The Bertz CT molecular complexity index is 333. The van der Waals surface area contributed by atoms with Gasteiger partial charge >= 0.3 is 0 Å². The number of benzene rings is 1. The van der Waals surface area contributed by atoms with Gasteiger partial charge in [-0.3, -0.25) is 10.1 Å². The fraction of sp³-hybridized carbons (Fsp3) is 0.143. The van der Waals surface area contributed by atoms with E-state index in [9.17, 15) is 10.1 Å². The quantitative estimate of drug-likeness (QED) is 0.517. The third-order valence-corrected chi connectivity index (χ3v) is 2.84. The highest BCUT2D eigenvalue weighted by molar-refractivity contribution is 14.1. The zero-order chi connectivity index (χ0) is 10.0. The summed E-state index contributed by atoms with van der Waals surface area (Å²) in [7, 11) is 0. The Balaban J connectivity index is 3.28. The molecule has 0 aliphatic carbocycles. The predicted octanol–water partition coefficient (Wildman–Crippen LogP) is 2.31. The molecule has 0 saturated carbocycles. The van der Waals surface area contributed by atoms with Crippen LogP contribution in [0.3, 0.4) is 0 Å². The van der Waals surface area contributed by atoms with Gasteiger partial charge in [-0.15, -0.1) is 0 Å². The molecule has 0 saturated heterocycles. The normalized spacial score (nSPS) is 10.1. The van der Waals surface area contributed by atoms with Crippen LogP contribution in [0.15, 0.2) is 12.1 Å². The van der Waals surface area contributed by atoms with E-state index in [0.29, 0.717) is 5.02 Å². The highest BCUT2D eigenvalue weighted by atomic mass is 127. The molecule has 0 fully saturated rings. The van der Waals surface area contributed by atoms with E-state index in [1.54, 1.807) is 0 Å². The van der Waals surface area contributed by atoms with E-state index in [0.717, 1.165) is 9.13 Å². The molecule has 1 aromatic carbocycles. The molecule has 0 spiro atoms. The molecule has 0 atom stereocenters. The lowest BCUT2D eigenvalue weighted by atomic mass is 10.2. The number of nitrogens with zero attached hydrogens (tertiary/aromatic N) is 1. The molecule has 0 radical (unpaired) electrons. The van der Waals surface area contributed by atoms with Gasteiger partial charge in [0.15, 0.2) is 0 Å². The predicted molar refractivity (Wildman–Crippen MR) is 58.7 cm³/mol. The van der Waals surface area contributed by atoms with Crippen molar-refractivity contribution in [2.45, 2.75) is 6.54 Å². The third-order valence-electron chi connectivity index (χ3n) is 1.54. The fourth-order valence-electron chi connectivity index (χ4n) is 0.890. The molecule has 0 aliphatic heterocycles. The van der Waals surface area contributed by atoms with Crippen LogP contribution in [0.1, 0.15) is 5.56 Å². The highest BCUT2D eigenvalue weighted by Gasteiger charge is 2.12. The lowest BCUT2D eigenvalue weighted by Gasteiger charge is -2.03. The van der Waals surface area contributed by atoms with Gasteiger partial charge in [-0.25, -0.2) is 0 Å². The molecule has 1 rings (SSSR count). The van der Waals surface area contributed by atoms with Crippen LogP contribution in [-0.2, 0) is 6.54 Å². The van der Waals surface area contributed by atoms with Gasteiger partial charge in [0, 0.05) is 22.2 Å². The van der Waals surface area contributed by atoms with E-state index in [1.807, 2.05) is 22.6 Å². The van der Waals surface area contributed by atoms with Crippen LogP contribution < -0.4 is 5.73 Å². The lowest BCUT2D eigenvalue weighted by Crippen LogP contribution is -2.01. The lowest BCUT2D eigenvalue weighted by molar-refractivity contribution is -0.384. The number of nitro groups is 1.